The maximum absolute atomic E-state index is 13.2. The normalized spacial score (nSPS) is 22.5. The lowest BCUT2D eigenvalue weighted by Crippen LogP contribution is -2.29. The first-order chi connectivity index (χ1) is 13.9. The predicted molar refractivity (Wildman–Crippen MR) is 96.2 cm³/mol. The van der Waals surface area contributed by atoms with Crippen molar-refractivity contribution in [2.45, 2.75) is 49.7 Å². The molecular formula is C21H20F7NO. The van der Waals surface area contributed by atoms with Crippen LogP contribution in [0.4, 0.5) is 30.7 Å². The molecule has 164 valence electrons. The van der Waals surface area contributed by atoms with Crippen LogP contribution >= 0.6 is 0 Å². The van der Waals surface area contributed by atoms with E-state index in [2.05, 4.69) is 0 Å². The fraction of sp³-hybridized carbons (Fsp3) is 0.429. The summed E-state index contributed by atoms with van der Waals surface area (Å²) in [5.41, 5.74) is 4.11. The van der Waals surface area contributed by atoms with Crippen LogP contribution in [-0.4, -0.2) is 18.8 Å². The molecule has 2 nitrogen and oxygen atoms in total. The smallest absolute Gasteiger partial charge is 0.377 e. The second kappa shape index (κ2) is 8.55. The highest BCUT2D eigenvalue weighted by molar-refractivity contribution is 5.34. The van der Waals surface area contributed by atoms with E-state index in [1.165, 1.54) is 12.1 Å². The zero-order valence-corrected chi connectivity index (χ0v) is 15.7. The van der Waals surface area contributed by atoms with Gasteiger partial charge in [0, 0.05) is 12.0 Å². The van der Waals surface area contributed by atoms with E-state index in [1.807, 2.05) is 0 Å². The van der Waals surface area contributed by atoms with Crippen molar-refractivity contribution >= 4 is 0 Å². The zero-order chi connectivity index (χ0) is 22.1. The largest absolute Gasteiger partial charge is 0.416 e. The Bertz CT molecular complexity index is 829. The van der Waals surface area contributed by atoms with Gasteiger partial charge in [-0.2, -0.15) is 26.3 Å². The summed E-state index contributed by atoms with van der Waals surface area (Å²) in [6, 6.07) is 7.09. The molecule has 0 radical (unpaired) electrons. The van der Waals surface area contributed by atoms with Crippen molar-refractivity contribution < 1.29 is 35.5 Å². The third-order valence-electron chi connectivity index (χ3n) is 5.27. The standard InChI is InChI=1S/C21H20F7NO/c22-16-3-1-13(2-4-16)19-17(29)5-6-18(19)30-8-7-12-9-14(20(23,24)25)11-15(10-12)21(26,27)28/h1-4,9-11,17-19H,5-8,29H2/t17-,18+,19+/m1/s1. The number of hydrogen-bond donors (Lipinski definition) is 1. The molecule has 0 spiro atoms. The second-order valence-corrected chi connectivity index (χ2v) is 7.39. The van der Waals surface area contributed by atoms with Crippen molar-refractivity contribution in [3.63, 3.8) is 0 Å². The van der Waals surface area contributed by atoms with Crippen molar-refractivity contribution in [2.24, 2.45) is 5.73 Å². The molecule has 0 heterocycles. The highest BCUT2D eigenvalue weighted by Crippen LogP contribution is 2.38. The van der Waals surface area contributed by atoms with E-state index in [4.69, 9.17) is 10.5 Å². The number of alkyl halides is 6. The first-order valence-corrected chi connectivity index (χ1v) is 9.36. The maximum atomic E-state index is 13.2. The lowest BCUT2D eigenvalue weighted by Gasteiger charge is -2.24. The van der Waals surface area contributed by atoms with Gasteiger partial charge in [-0.25, -0.2) is 4.39 Å². The predicted octanol–water partition coefficient (Wildman–Crippen LogP) is 5.70. The quantitative estimate of drug-likeness (QED) is 0.612. The van der Waals surface area contributed by atoms with E-state index in [9.17, 15) is 30.7 Å². The third-order valence-corrected chi connectivity index (χ3v) is 5.27. The minimum Gasteiger partial charge on any atom is -0.377 e. The Labute approximate surface area is 168 Å². The Hall–Kier alpha value is -2.13. The summed E-state index contributed by atoms with van der Waals surface area (Å²) in [5.74, 6) is -0.620. The molecule has 3 rings (SSSR count). The molecule has 0 aliphatic heterocycles. The third kappa shape index (κ3) is 5.31. The van der Waals surface area contributed by atoms with Gasteiger partial charge in [0.2, 0.25) is 0 Å². The summed E-state index contributed by atoms with van der Waals surface area (Å²) in [6.45, 7) is -0.0618. The van der Waals surface area contributed by atoms with Crippen LogP contribution in [0.15, 0.2) is 42.5 Å². The Kier molecular flexibility index (Phi) is 6.43. The van der Waals surface area contributed by atoms with Crippen LogP contribution in [0.1, 0.15) is 41.0 Å². The van der Waals surface area contributed by atoms with E-state index < -0.39 is 29.3 Å². The number of benzene rings is 2. The fourth-order valence-corrected chi connectivity index (χ4v) is 3.82. The maximum Gasteiger partial charge on any atom is 0.416 e. The first kappa shape index (κ1) is 22.6. The molecule has 30 heavy (non-hydrogen) atoms. The molecule has 3 atom stereocenters. The van der Waals surface area contributed by atoms with Gasteiger partial charge < -0.3 is 10.5 Å². The number of nitrogens with two attached hydrogens (primary N) is 1. The summed E-state index contributed by atoms with van der Waals surface area (Å²) in [6.07, 6.45) is -8.99. The van der Waals surface area contributed by atoms with Crippen molar-refractivity contribution in [3.05, 3.63) is 70.5 Å². The summed E-state index contributed by atoms with van der Waals surface area (Å²) in [7, 11) is 0. The molecule has 1 aliphatic carbocycles. The SMILES string of the molecule is N[C@@H]1CC[C@H](OCCc2cc(C(F)(F)F)cc(C(F)(F)F)c2)[C@H]1c1ccc(F)cc1. The van der Waals surface area contributed by atoms with Crippen LogP contribution < -0.4 is 5.73 Å². The van der Waals surface area contributed by atoms with Crippen molar-refractivity contribution in [3.8, 4) is 0 Å². The van der Waals surface area contributed by atoms with Crippen LogP contribution in [0.5, 0.6) is 0 Å². The van der Waals surface area contributed by atoms with Gasteiger partial charge >= 0.3 is 12.4 Å². The molecule has 0 bridgehead atoms. The van der Waals surface area contributed by atoms with Crippen molar-refractivity contribution in [2.75, 3.05) is 6.61 Å². The highest BCUT2D eigenvalue weighted by atomic mass is 19.4. The van der Waals surface area contributed by atoms with Gasteiger partial charge in [-0.1, -0.05) is 12.1 Å². The van der Waals surface area contributed by atoms with Gasteiger partial charge in [0.1, 0.15) is 5.82 Å². The molecule has 1 saturated carbocycles. The Morgan fingerprint density at radius 2 is 1.43 bits per heavy atom. The summed E-state index contributed by atoms with van der Waals surface area (Å²) < 4.78 is 96.8. The molecule has 0 amide bonds. The van der Waals surface area contributed by atoms with Crippen LogP contribution in [-0.2, 0) is 23.5 Å². The minimum atomic E-state index is -4.89. The first-order valence-electron chi connectivity index (χ1n) is 9.36. The van der Waals surface area contributed by atoms with Crippen molar-refractivity contribution in [1.29, 1.82) is 0 Å². The lowest BCUT2D eigenvalue weighted by atomic mass is 9.93. The molecule has 0 unspecified atom stereocenters. The second-order valence-electron chi connectivity index (χ2n) is 7.39. The summed E-state index contributed by atoms with van der Waals surface area (Å²) >= 11 is 0. The van der Waals surface area contributed by atoms with Crippen LogP contribution in [0.3, 0.4) is 0 Å². The van der Waals surface area contributed by atoms with Gasteiger partial charge in [-0.15, -0.1) is 0 Å². The minimum absolute atomic E-state index is 0.0618. The Balaban J connectivity index is 1.71. The average Bonchev–Trinajstić information content (AvgIpc) is 3.01. The molecule has 9 heteroatoms. The molecule has 2 aromatic carbocycles. The number of ether oxygens (including phenoxy) is 1. The Morgan fingerprint density at radius 3 is 1.97 bits per heavy atom. The molecule has 1 fully saturated rings. The molecular weight excluding hydrogens is 415 g/mol. The van der Waals surface area contributed by atoms with Gasteiger partial charge in [0.25, 0.3) is 0 Å². The van der Waals surface area contributed by atoms with E-state index in [-0.39, 0.29) is 42.7 Å². The van der Waals surface area contributed by atoms with Crippen LogP contribution in [0, 0.1) is 5.82 Å². The highest BCUT2D eigenvalue weighted by Gasteiger charge is 2.38. The molecule has 1 aliphatic rings. The number of halogens is 7. The van der Waals surface area contributed by atoms with E-state index in [1.54, 1.807) is 12.1 Å². The molecule has 0 aromatic heterocycles. The van der Waals surface area contributed by atoms with Crippen molar-refractivity contribution in [1.82, 2.24) is 0 Å². The van der Waals surface area contributed by atoms with E-state index >= 15 is 0 Å². The Morgan fingerprint density at radius 1 is 0.867 bits per heavy atom. The monoisotopic (exact) mass is 435 g/mol. The van der Waals surface area contributed by atoms with E-state index in [0.717, 1.165) is 5.56 Å². The van der Waals surface area contributed by atoms with E-state index in [0.29, 0.717) is 25.0 Å². The lowest BCUT2D eigenvalue weighted by molar-refractivity contribution is -0.143. The zero-order valence-electron chi connectivity index (χ0n) is 15.7. The van der Waals surface area contributed by atoms with Gasteiger partial charge in [0.05, 0.1) is 23.8 Å². The summed E-state index contributed by atoms with van der Waals surface area (Å²) in [4.78, 5) is 0. The number of rotatable bonds is 5. The van der Waals surface area contributed by atoms with Gasteiger partial charge in [-0.3, -0.25) is 0 Å². The summed E-state index contributed by atoms with van der Waals surface area (Å²) in [5, 5.41) is 0. The number of hydrogen-bond acceptors (Lipinski definition) is 2. The molecule has 2 aromatic rings. The average molecular weight is 435 g/mol. The molecule has 0 saturated heterocycles. The fourth-order valence-electron chi connectivity index (χ4n) is 3.82. The molecule has 2 N–H and O–H groups in total. The topological polar surface area (TPSA) is 35.2 Å². The van der Waals surface area contributed by atoms with Gasteiger partial charge in [0.15, 0.2) is 0 Å². The van der Waals surface area contributed by atoms with Crippen LogP contribution in [0.25, 0.3) is 0 Å². The van der Waals surface area contributed by atoms with Gasteiger partial charge in [-0.05, 0) is 60.7 Å². The van der Waals surface area contributed by atoms with Crippen LogP contribution in [0.2, 0.25) is 0 Å².